The van der Waals surface area contributed by atoms with Gasteiger partial charge in [-0.2, -0.15) is 0 Å². The molecule has 0 fully saturated rings. The van der Waals surface area contributed by atoms with Gasteiger partial charge in [-0.1, -0.05) is 18.3 Å². The van der Waals surface area contributed by atoms with Crippen LogP contribution in [0.2, 0.25) is 0 Å². The molecule has 0 radical (unpaired) electrons. The Balaban J connectivity index is 2.95. The second-order valence-electron chi connectivity index (χ2n) is 3.99. The molecule has 0 spiro atoms. The number of hydrogen-bond acceptors (Lipinski definition) is 4. The molecule has 0 aliphatic heterocycles. The number of anilines is 1. The third-order valence-corrected chi connectivity index (χ3v) is 3.36. The summed E-state index contributed by atoms with van der Waals surface area (Å²) >= 11 is 8.49. The summed E-state index contributed by atoms with van der Waals surface area (Å²) < 4.78 is 5.75. The molecule has 100 valence electrons. The lowest BCUT2D eigenvalue weighted by Crippen LogP contribution is -2.33. The monoisotopic (exact) mass is 332 g/mol. The summed E-state index contributed by atoms with van der Waals surface area (Å²) in [4.78, 5) is 2.23. The highest BCUT2D eigenvalue weighted by Gasteiger charge is 2.15. The normalized spacial score (nSPS) is 12.2. The Morgan fingerprint density at radius 2 is 2.28 bits per heavy atom. The van der Waals surface area contributed by atoms with Gasteiger partial charge in [0.1, 0.15) is 4.99 Å². The summed E-state index contributed by atoms with van der Waals surface area (Å²) in [6.07, 6.45) is -0.557. The molecule has 1 unspecified atom stereocenters. The maximum absolute atomic E-state index is 9.74. The van der Waals surface area contributed by atoms with Gasteiger partial charge in [-0.25, -0.2) is 0 Å². The molecule has 0 aliphatic carbocycles. The highest BCUT2D eigenvalue weighted by atomic mass is 79.9. The number of halogens is 1. The first-order chi connectivity index (χ1) is 8.47. The molecular weight excluding hydrogens is 316 g/mol. The molecule has 0 amide bonds. The van der Waals surface area contributed by atoms with E-state index in [9.17, 15) is 5.11 Å². The van der Waals surface area contributed by atoms with Crippen molar-refractivity contribution >= 4 is 38.8 Å². The van der Waals surface area contributed by atoms with Crippen LogP contribution in [0.1, 0.15) is 5.56 Å². The number of benzene rings is 1. The van der Waals surface area contributed by atoms with Gasteiger partial charge >= 0.3 is 0 Å². The van der Waals surface area contributed by atoms with Crippen LogP contribution in [0.25, 0.3) is 0 Å². The van der Waals surface area contributed by atoms with Gasteiger partial charge in [-0.05, 0) is 28.1 Å². The fourth-order valence-corrected chi connectivity index (χ4v) is 2.65. The number of aliphatic hydroxyl groups is 1. The third-order valence-electron chi connectivity index (χ3n) is 2.49. The summed E-state index contributed by atoms with van der Waals surface area (Å²) in [6, 6.07) is 5.70. The molecular formula is C12H17BrN2O2S. The quantitative estimate of drug-likeness (QED) is 0.773. The Hall–Kier alpha value is -0.690. The summed E-state index contributed by atoms with van der Waals surface area (Å²) in [5.41, 5.74) is 7.39. The first-order valence-corrected chi connectivity index (χ1v) is 6.64. The second-order valence-corrected chi connectivity index (χ2v) is 5.28. The fourth-order valence-electron chi connectivity index (χ4n) is 1.73. The lowest BCUT2D eigenvalue weighted by molar-refractivity contribution is 0.0695. The molecule has 1 aromatic rings. The maximum atomic E-state index is 9.74. The highest BCUT2D eigenvalue weighted by molar-refractivity contribution is 9.10. The lowest BCUT2D eigenvalue weighted by Gasteiger charge is -2.25. The predicted molar refractivity (Wildman–Crippen MR) is 81.2 cm³/mol. The molecule has 3 N–H and O–H groups in total. The van der Waals surface area contributed by atoms with E-state index in [1.165, 1.54) is 0 Å². The highest BCUT2D eigenvalue weighted by Crippen LogP contribution is 2.27. The zero-order valence-electron chi connectivity index (χ0n) is 10.4. The van der Waals surface area contributed by atoms with E-state index in [0.29, 0.717) is 18.1 Å². The van der Waals surface area contributed by atoms with Crippen LogP contribution in [-0.4, -0.2) is 43.5 Å². The maximum Gasteiger partial charge on any atom is 0.107 e. The van der Waals surface area contributed by atoms with Crippen molar-refractivity contribution in [2.45, 2.75) is 6.10 Å². The summed E-state index contributed by atoms with van der Waals surface area (Å²) in [5, 5.41) is 9.74. The SMILES string of the molecule is COCC(O)CN(C)c1cccc(Br)c1C(N)=S. The van der Waals surface area contributed by atoms with Gasteiger partial charge in [0.05, 0.1) is 12.7 Å². The smallest absolute Gasteiger partial charge is 0.107 e. The second kappa shape index (κ2) is 7.04. The van der Waals surface area contributed by atoms with Crippen molar-refractivity contribution in [3.05, 3.63) is 28.2 Å². The van der Waals surface area contributed by atoms with E-state index in [1.54, 1.807) is 7.11 Å². The molecule has 1 atom stereocenters. The van der Waals surface area contributed by atoms with Crippen molar-refractivity contribution in [1.29, 1.82) is 0 Å². The molecule has 0 aliphatic rings. The molecule has 0 aromatic heterocycles. The van der Waals surface area contributed by atoms with Crippen LogP contribution in [-0.2, 0) is 4.74 Å². The standard InChI is InChI=1S/C12H17BrN2O2S/c1-15(6-8(16)7-17-2)10-5-3-4-9(13)11(10)12(14)18/h3-5,8,16H,6-7H2,1-2H3,(H2,14,18). The molecule has 4 nitrogen and oxygen atoms in total. The van der Waals surface area contributed by atoms with E-state index in [2.05, 4.69) is 15.9 Å². The van der Waals surface area contributed by atoms with Crippen molar-refractivity contribution in [1.82, 2.24) is 0 Å². The summed E-state index contributed by atoms with van der Waals surface area (Å²) in [7, 11) is 3.44. The largest absolute Gasteiger partial charge is 0.389 e. The van der Waals surface area contributed by atoms with E-state index in [-0.39, 0.29) is 0 Å². The van der Waals surface area contributed by atoms with E-state index >= 15 is 0 Å². The number of hydrogen-bond donors (Lipinski definition) is 2. The van der Waals surface area contributed by atoms with Crippen LogP contribution < -0.4 is 10.6 Å². The Labute approximate surface area is 121 Å². The first-order valence-electron chi connectivity index (χ1n) is 5.43. The number of aliphatic hydroxyl groups excluding tert-OH is 1. The molecule has 6 heteroatoms. The average Bonchev–Trinajstić information content (AvgIpc) is 2.28. The van der Waals surface area contributed by atoms with Crippen LogP contribution in [0, 0.1) is 0 Å². The van der Waals surface area contributed by atoms with Crippen LogP contribution in [0.4, 0.5) is 5.69 Å². The Morgan fingerprint density at radius 3 is 2.83 bits per heavy atom. The van der Waals surface area contributed by atoms with Gasteiger partial charge in [0, 0.05) is 36.4 Å². The van der Waals surface area contributed by atoms with Crippen molar-refractivity contribution in [3.63, 3.8) is 0 Å². The minimum atomic E-state index is -0.557. The van der Waals surface area contributed by atoms with E-state index < -0.39 is 6.10 Å². The van der Waals surface area contributed by atoms with Crippen LogP contribution >= 0.6 is 28.1 Å². The number of thiocarbonyl (C=S) groups is 1. The van der Waals surface area contributed by atoms with Crippen molar-refractivity contribution < 1.29 is 9.84 Å². The number of nitrogens with two attached hydrogens (primary N) is 1. The number of likely N-dealkylation sites (N-methyl/N-ethyl adjacent to an activating group) is 1. The van der Waals surface area contributed by atoms with Gasteiger partial charge in [0.25, 0.3) is 0 Å². The van der Waals surface area contributed by atoms with E-state index in [1.807, 2.05) is 30.1 Å². The van der Waals surface area contributed by atoms with Gasteiger partial charge in [-0.3, -0.25) is 0 Å². The van der Waals surface area contributed by atoms with E-state index in [4.69, 9.17) is 22.7 Å². The molecule has 0 saturated carbocycles. The van der Waals surface area contributed by atoms with Crippen LogP contribution in [0.5, 0.6) is 0 Å². The third kappa shape index (κ3) is 3.91. The number of methoxy groups -OCH3 is 1. The van der Waals surface area contributed by atoms with Gasteiger partial charge in [0.2, 0.25) is 0 Å². The average molecular weight is 333 g/mol. The number of nitrogens with zero attached hydrogens (tertiary/aromatic N) is 1. The minimum absolute atomic E-state index is 0.292. The molecule has 0 bridgehead atoms. The fraction of sp³-hybridized carbons (Fsp3) is 0.417. The molecule has 1 rings (SSSR count). The zero-order valence-corrected chi connectivity index (χ0v) is 12.8. The molecule has 0 saturated heterocycles. The Morgan fingerprint density at radius 1 is 1.61 bits per heavy atom. The van der Waals surface area contributed by atoms with E-state index in [0.717, 1.165) is 15.7 Å². The minimum Gasteiger partial charge on any atom is -0.389 e. The molecule has 1 aromatic carbocycles. The first kappa shape index (κ1) is 15.4. The molecule has 18 heavy (non-hydrogen) atoms. The Kier molecular flexibility index (Phi) is 6.01. The van der Waals surface area contributed by atoms with Crippen molar-refractivity contribution in [2.75, 3.05) is 32.2 Å². The zero-order chi connectivity index (χ0) is 13.7. The Bertz CT molecular complexity index is 429. The van der Waals surface area contributed by atoms with Crippen LogP contribution in [0.3, 0.4) is 0 Å². The van der Waals surface area contributed by atoms with Crippen molar-refractivity contribution in [3.8, 4) is 0 Å². The van der Waals surface area contributed by atoms with Gasteiger partial charge in [-0.15, -0.1) is 0 Å². The lowest BCUT2D eigenvalue weighted by atomic mass is 10.1. The van der Waals surface area contributed by atoms with Gasteiger partial charge in [0.15, 0.2) is 0 Å². The summed E-state index contributed by atoms with van der Waals surface area (Å²) in [5.74, 6) is 0. The van der Waals surface area contributed by atoms with Gasteiger partial charge < -0.3 is 20.5 Å². The number of ether oxygens (including phenoxy) is 1. The molecule has 0 heterocycles. The predicted octanol–water partition coefficient (Wildman–Crippen LogP) is 1.53. The topological polar surface area (TPSA) is 58.7 Å². The number of rotatable bonds is 6. The van der Waals surface area contributed by atoms with Crippen LogP contribution in [0.15, 0.2) is 22.7 Å². The summed E-state index contributed by atoms with van der Waals surface area (Å²) in [6.45, 7) is 0.737. The van der Waals surface area contributed by atoms with Crippen molar-refractivity contribution in [2.24, 2.45) is 5.73 Å².